The Labute approximate surface area is 147 Å². The average molecular weight is 401 g/mol. The molecule has 0 N–H and O–H groups in total. The predicted octanol–water partition coefficient (Wildman–Crippen LogP) is 3.69. The van der Waals surface area contributed by atoms with E-state index in [9.17, 15) is 13.2 Å². The van der Waals surface area contributed by atoms with Crippen LogP contribution in [0.1, 0.15) is 6.92 Å². The fraction of sp³-hybridized carbons (Fsp3) is 0.231. The Hall–Kier alpha value is -0.590. The summed E-state index contributed by atoms with van der Waals surface area (Å²) >= 11 is 23.9. The summed E-state index contributed by atoms with van der Waals surface area (Å²) in [5.41, 5.74) is -0.255. The fourth-order valence-electron chi connectivity index (χ4n) is 1.77. The summed E-state index contributed by atoms with van der Waals surface area (Å²) < 4.78 is 28.2. The molecule has 0 radical (unpaired) electrons. The van der Waals surface area contributed by atoms with Gasteiger partial charge in [-0.25, -0.2) is 0 Å². The molecule has 0 unspecified atom stereocenters. The number of carbonyl (C=O) groups is 1. The highest BCUT2D eigenvalue weighted by Crippen LogP contribution is 2.39. The van der Waals surface area contributed by atoms with Crippen molar-refractivity contribution in [2.24, 2.45) is 4.40 Å². The molecule has 4 nitrogen and oxygen atoms in total. The molecular weight excluding hydrogens is 392 g/mol. The van der Waals surface area contributed by atoms with Crippen LogP contribution in [-0.2, 0) is 14.8 Å². The molecule has 1 aromatic carbocycles. The molecule has 22 heavy (non-hydrogen) atoms. The van der Waals surface area contributed by atoms with Crippen LogP contribution in [0.15, 0.2) is 49.7 Å². The maximum absolute atomic E-state index is 12.3. The van der Waals surface area contributed by atoms with Crippen LogP contribution in [0.4, 0.5) is 0 Å². The van der Waals surface area contributed by atoms with Gasteiger partial charge in [-0.2, -0.15) is 12.8 Å². The number of alkyl halides is 2. The number of benzene rings is 1. The molecule has 0 saturated carbocycles. The Morgan fingerprint density at radius 1 is 1.14 bits per heavy atom. The zero-order chi connectivity index (χ0) is 16.7. The fourth-order valence-corrected chi connectivity index (χ4v) is 4.03. The van der Waals surface area contributed by atoms with E-state index in [1.807, 2.05) is 0 Å². The molecule has 2 rings (SSSR count). The van der Waals surface area contributed by atoms with E-state index in [2.05, 4.69) is 4.40 Å². The molecule has 1 aliphatic rings. The Morgan fingerprint density at radius 2 is 1.68 bits per heavy atom. The number of halogens is 4. The van der Waals surface area contributed by atoms with Gasteiger partial charge in [0, 0.05) is 0 Å². The van der Waals surface area contributed by atoms with E-state index in [1.54, 1.807) is 18.2 Å². The minimum Gasteiger partial charge on any atom is -0.291 e. The number of hydrogen-bond acceptors (Lipinski definition) is 3. The number of rotatable bonds is 2. The maximum atomic E-state index is 12.3. The van der Waals surface area contributed by atoms with E-state index in [1.165, 1.54) is 19.1 Å². The van der Waals surface area contributed by atoms with Gasteiger partial charge in [0.2, 0.25) is 0 Å². The van der Waals surface area contributed by atoms with Crippen molar-refractivity contribution in [3.8, 4) is 0 Å². The number of Topliss-reactive ketones (excluding diaryl/α,β-unsaturated/α-hetero) is 1. The van der Waals surface area contributed by atoms with E-state index >= 15 is 0 Å². The summed E-state index contributed by atoms with van der Waals surface area (Å²) in [6.45, 7) is 1.32. The van der Waals surface area contributed by atoms with Gasteiger partial charge in [0.15, 0.2) is 5.78 Å². The SMILES string of the molecule is C[C@]1(Cl)C(=O)C(Cl)=C(Cl)C(=NS(=O)(=O)c2ccccc2)[C@H]1Cl. The molecule has 1 aromatic rings. The molecule has 0 amide bonds. The highest BCUT2D eigenvalue weighted by Gasteiger charge is 2.49. The number of allylic oxidation sites excluding steroid dienone is 2. The van der Waals surface area contributed by atoms with Crippen molar-refractivity contribution in [2.75, 3.05) is 0 Å². The number of carbonyl (C=O) groups excluding carboxylic acids is 1. The molecule has 0 heterocycles. The lowest BCUT2D eigenvalue weighted by molar-refractivity contribution is -0.117. The van der Waals surface area contributed by atoms with E-state index < -0.39 is 31.1 Å². The minimum atomic E-state index is -4.06. The Morgan fingerprint density at radius 3 is 2.23 bits per heavy atom. The molecule has 1 aliphatic carbocycles. The summed E-state index contributed by atoms with van der Waals surface area (Å²) in [7, 11) is -4.06. The lowest BCUT2D eigenvalue weighted by Crippen LogP contribution is -2.47. The summed E-state index contributed by atoms with van der Waals surface area (Å²) in [5.74, 6) is -0.683. The van der Waals surface area contributed by atoms with Gasteiger partial charge < -0.3 is 0 Å². The molecular formula is C13H9Cl4NO3S. The average Bonchev–Trinajstić information content (AvgIpc) is 2.49. The van der Waals surface area contributed by atoms with Gasteiger partial charge in [-0.1, -0.05) is 41.4 Å². The van der Waals surface area contributed by atoms with Crippen LogP contribution < -0.4 is 0 Å². The van der Waals surface area contributed by atoms with Gasteiger partial charge in [0.05, 0.1) is 15.6 Å². The Kier molecular flexibility index (Phi) is 4.95. The quantitative estimate of drug-likeness (QED) is 0.711. The van der Waals surface area contributed by atoms with Gasteiger partial charge in [0.25, 0.3) is 10.0 Å². The first-order chi connectivity index (χ1) is 10.1. The third-order valence-corrected chi connectivity index (χ3v) is 6.33. The normalized spacial score (nSPS) is 28.3. The van der Waals surface area contributed by atoms with Crippen LogP contribution in [0.3, 0.4) is 0 Å². The zero-order valence-electron chi connectivity index (χ0n) is 11.1. The molecule has 118 valence electrons. The Balaban J connectivity index is 2.63. The van der Waals surface area contributed by atoms with Crippen molar-refractivity contribution in [2.45, 2.75) is 22.1 Å². The van der Waals surface area contributed by atoms with Crippen LogP contribution in [0, 0.1) is 0 Å². The topological polar surface area (TPSA) is 63.6 Å². The van der Waals surface area contributed by atoms with Crippen LogP contribution in [0.2, 0.25) is 0 Å². The van der Waals surface area contributed by atoms with Crippen molar-refractivity contribution in [1.82, 2.24) is 0 Å². The van der Waals surface area contributed by atoms with Crippen molar-refractivity contribution in [3.05, 3.63) is 40.4 Å². The molecule has 0 bridgehead atoms. The molecule has 2 atom stereocenters. The number of sulfonamides is 1. The van der Waals surface area contributed by atoms with Gasteiger partial charge >= 0.3 is 0 Å². The number of ketones is 1. The summed E-state index contributed by atoms with van der Waals surface area (Å²) in [5, 5.41) is -1.95. The van der Waals surface area contributed by atoms with Gasteiger partial charge in [-0.15, -0.1) is 23.2 Å². The molecule has 0 fully saturated rings. The lowest BCUT2D eigenvalue weighted by Gasteiger charge is -2.31. The van der Waals surface area contributed by atoms with Crippen LogP contribution in [-0.4, -0.2) is 30.2 Å². The van der Waals surface area contributed by atoms with E-state index in [0.717, 1.165) is 0 Å². The molecule has 9 heteroatoms. The van der Waals surface area contributed by atoms with Crippen LogP contribution >= 0.6 is 46.4 Å². The van der Waals surface area contributed by atoms with Gasteiger partial charge in [0.1, 0.15) is 15.3 Å². The van der Waals surface area contributed by atoms with Gasteiger partial charge in [-0.3, -0.25) is 4.79 Å². The monoisotopic (exact) mass is 399 g/mol. The van der Waals surface area contributed by atoms with Crippen molar-refractivity contribution in [3.63, 3.8) is 0 Å². The predicted molar refractivity (Wildman–Crippen MR) is 88.7 cm³/mol. The second-order valence-corrected chi connectivity index (χ2v) is 8.24. The second-order valence-electron chi connectivity index (χ2n) is 4.66. The second kappa shape index (κ2) is 6.13. The van der Waals surface area contributed by atoms with Crippen molar-refractivity contribution >= 4 is 67.9 Å². The first-order valence-electron chi connectivity index (χ1n) is 5.92. The molecule has 0 aromatic heterocycles. The first kappa shape index (κ1) is 17.8. The smallest absolute Gasteiger partial charge is 0.282 e. The summed E-state index contributed by atoms with van der Waals surface area (Å²) in [6, 6.07) is 7.50. The van der Waals surface area contributed by atoms with E-state index in [0.29, 0.717) is 0 Å². The first-order valence-corrected chi connectivity index (χ1v) is 8.93. The summed E-state index contributed by atoms with van der Waals surface area (Å²) in [4.78, 5) is 10.3. The third kappa shape index (κ3) is 3.05. The number of hydrogen-bond donors (Lipinski definition) is 0. The number of nitrogens with zero attached hydrogens (tertiary/aromatic N) is 1. The minimum absolute atomic E-state index is 0.0415. The largest absolute Gasteiger partial charge is 0.291 e. The van der Waals surface area contributed by atoms with Crippen molar-refractivity contribution in [1.29, 1.82) is 0 Å². The van der Waals surface area contributed by atoms with E-state index in [-0.39, 0.29) is 15.6 Å². The molecule has 0 aliphatic heterocycles. The molecule has 0 saturated heterocycles. The maximum Gasteiger partial charge on any atom is 0.282 e. The van der Waals surface area contributed by atoms with Crippen LogP contribution in [0.5, 0.6) is 0 Å². The van der Waals surface area contributed by atoms with E-state index in [4.69, 9.17) is 46.4 Å². The zero-order valence-corrected chi connectivity index (χ0v) is 14.9. The lowest BCUT2D eigenvalue weighted by atomic mass is 9.91. The van der Waals surface area contributed by atoms with Crippen molar-refractivity contribution < 1.29 is 13.2 Å². The highest BCUT2D eigenvalue weighted by atomic mass is 35.5. The molecule has 0 spiro atoms. The Bertz CT molecular complexity index is 785. The third-order valence-electron chi connectivity index (χ3n) is 3.04. The van der Waals surface area contributed by atoms with Gasteiger partial charge in [-0.05, 0) is 19.1 Å². The van der Waals surface area contributed by atoms with Crippen LogP contribution in [0.25, 0.3) is 0 Å². The standard InChI is InChI=1S/C13H9Cl4NO3S/c1-13(17)11(16)10(8(14)9(15)12(13)19)18-22(20,21)7-5-3-2-4-6-7/h2-6,11H,1H3/t11-,13-/m1/s1. The highest BCUT2D eigenvalue weighted by molar-refractivity contribution is 7.90. The summed E-state index contributed by atoms with van der Waals surface area (Å²) in [6.07, 6.45) is 0.